The van der Waals surface area contributed by atoms with E-state index in [1.807, 2.05) is 0 Å². The molecule has 2 N–H and O–H groups in total. The zero-order valence-electron chi connectivity index (χ0n) is 11.0. The molecule has 19 heavy (non-hydrogen) atoms. The van der Waals surface area contributed by atoms with Gasteiger partial charge in [-0.05, 0) is 30.2 Å². The Balaban J connectivity index is 2.14. The highest BCUT2D eigenvalue weighted by atomic mass is 35.5. The predicted octanol–water partition coefficient (Wildman–Crippen LogP) is 2.54. The van der Waals surface area contributed by atoms with E-state index in [1.54, 1.807) is 13.2 Å². The van der Waals surface area contributed by atoms with Crippen LogP contribution in [0.2, 0.25) is 5.02 Å². The summed E-state index contributed by atoms with van der Waals surface area (Å²) in [5.74, 6) is -0.301. The van der Waals surface area contributed by atoms with Gasteiger partial charge >= 0.3 is 0 Å². The van der Waals surface area contributed by atoms with Crippen molar-refractivity contribution in [1.29, 1.82) is 0 Å². The van der Waals surface area contributed by atoms with Crippen LogP contribution in [0.15, 0.2) is 18.2 Å². The van der Waals surface area contributed by atoms with E-state index in [1.165, 1.54) is 12.1 Å². The number of methoxy groups -OCH3 is 1. The monoisotopic (exact) mass is 287 g/mol. The van der Waals surface area contributed by atoms with E-state index in [4.69, 9.17) is 26.8 Å². The molecular formula is C14H19ClFNO2. The molecule has 3 nitrogen and oxygen atoms in total. The van der Waals surface area contributed by atoms with Crippen molar-refractivity contribution in [3.63, 3.8) is 0 Å². The Morgan fingerprint density at radius 3 is 2.79 bits per heavy atom. The van der Waals surface area contributed by atoms with Gasteiger partial charge in [-0.2, -0.15) is 0 Å². The lowest BCUT2D eigenvalue weighted by Crippen LogP contribution is -2.54. The molecule has 0 bridgehead atoms. The van der Waals surface area contributed by atoms with Gasteiger partial charge in [0.05, 0.1) is 5.60 Å². The molecule has 0 spiro atoms. The van der Waals surface area contributed by atoms with E-state index in [0.717, 1.165) is 18.4 Å². The van der Waals surface area contributed by atoms with Gasteiger partial charge in [-0.1, -0.05) is 11.6 Å². The first-order chi connectivity index (χ1) is 9.07. The Bertz CT molecular complexity index is 435. The van der Waals surface area contributed by atoms with Crippen molar-refractivity contribution >= 4 is 11.6 Å². The second-order valence-corrected chi connectivity index (χ2v) is 5.33. The van der Waals surface area contributed by atoms with E-state index in [9.17, 15) is 4.39 Å². The first-order valence-electron chi connectivity index (χ1n) is 6.40. The van der Waals surface area contributed by atoms with Crippen LogP contribution in [0.5, 0.6) is 0 Å². The molecule has 1 atom stereocenters. The van der Waals surface area contributed by atoms with Crippen LogP contribution < -0.4 is 5.73 Å². The Morgan fingerprint density at radius 2 is 2.16 bits per heavy atom. The second kappa shape index (κ2) is 6.18. The maximum atomic E-state index is 13.3. The summed E-state index contributed by atoms with van der Waals surface area (Å²) in [6, 6.07) is 4.10. The Morgan fingerprint density at radius 1 is 1.47 bits per heavy atom. The van der Waals surface area contributed by atoms with Crippen LogP contribution in [0.1, 0.15) is 18.4 Å². The molecular weight excluding hydrogens is 269 g/mol. The van der Waals surface area contributed by atoms with Gasteiger partial charge in [-0.15, -0.1) is 0 Å². The number of hydrogen-bond acceptors (Lipinski definition) is 3. The zero-order valence-corrected chi connectivity index (χ0v) is 11.8. The Labute approximate surface area is 117 Å². The molecule has 2 rings (SSSR count). The summed E-state index contributed by atoms with van der Waals surface area (Å²) >= 11 is 6.08. The van der Waals surface area contributed by atoms with Crippen molar-refractivity contribution in [3.05, 3.63) is 34.6 Å². The van der Waals surface area contributed by atoms with Crippen LogP contribution >= 0.6 is 11.6 Å². The lowest BCUT2D eigenvalue weighted by atomic mass is 9.83. The molecule has 0 amide bonds. The summed E-state index contributed by atoms with van der Waals surface area (Å²) in [6.07, 6.45) is 1.99. The normalized spacial score (nSPS) is 20.2. The molecule has 0 aliphatic carbocycles. The predicted molar refractivity (Wildman–Crippen MR) is 72.9 cm³/mol. The standard InChI is InChI=1S/C14H19ClFNO2/c1-18-14(4-6-19-7-5-14)13(17)9-10-8-11(16)2-3-12(10)15/h2-3,8,13H,4-7,9,17H2,1H3. The smallest absolute Gasteiger partial charge is 0.123 e. The van der Waals surface area contributed by atoms with E-state index >= 15 is 0 Å². The van der Waals surface area contributed by atoms with E-state index < -0.39 is 5.60 Å². The fourth-order valence-electron chi connectivity index (χ4n) is 2.57. The van der Waals surface area contributed by atoms with Crippen molar-refractivity contribution in [2.75, 3.05) is 20.3 Å². The van der Waals surface area contributed by atoms with Crippen molar-refractivity contribution < 1.29 is 13.9 Å². The van der Waals surface area contributed by atoms with E-state index in [0.29, 0.717) is 24.7 Å². The summed E-state index contributed by atoms with van der Waals surface area (Å²) in [7, 11) is 1.67. The van der Waals surface area contributed by atoms with Crippen LogP contribution in [-0.2, 0) is 15.9 Å². The molecule has 0 aromatic heterocycles. The molecule has 106 valence electrons. The lowest BCUT2D eigenvalue weighted by Gasteiger charge is -2.40. The molecule has 1 aromatic carbocycles. The highest BCUT2D eigenvalue weighted by Gasteiger charge is 2.38. The minimum absolute atomic E-state index is 0.235. The summed E-state index contributed by atoms with van der Waals surface area (Å²) in [5, 5.41) is 0.537. The third-order valence-electron chi connectivity index (χ3n) is 3.87. The van der Waals surface area contributed by atoms with Crippen molar-refractivity contribution in [1.82, 2.24) is 0 Å². The molecule has 1 saturated heterocycles. The number of halogens is 2. The summed E-state index contributed by atoms with van der Waals surface area (Å²) < 4.78 is 24.3. The van der Waals surface area contributed by atoms with Crippen LogP contribution in [-0.4, -0.2) is 32.0 Å². The average molecular weight is 288 g/mol. The van der Waals surface area contributed by atoms with Gasteiger partial charge in [-0.3, -0.25) is 0 Å². The average Bonchev–Trinajstić information content (AvgIpc) is 2.43. The maximum absolute atomic E-state index is 13.3. The number of benzene rings is 1. The second-order valence-electron chi connectivity index (χ2n) is 4.93. The van der Waals surface area contributed by atoms with Gasteiger partial charge in [0.25, 0.3) is 0 Å². The maximum Gasteiger partial charge on any atom is 0.123 e. The Kier molecular flexibility index (Phi) is 4.79. The van der Waals surface area contributed by atoms with Crippen molar-refractivity contribution in [3.8, 4) is 0 Å². The van der Waals surface area contributed by atoms with Crippen LogP contribution in [0.4, 0.5) is 4.39 Å². The number of ether oxygens (including phenoxy) is 2. The molecule has 0 saturated carbocycles. The number of nitrogens with two attached hydrogens (primary N) is 1. The summed E-state index contributed by atoms with van der Waals surface area (Å²) in [4.78, 5) is 0. The largest absolute Gasteiger partial charge is 0.381 e. The fourth-order valence-corrected chi connectivity index (χ4v) is 2.76. The van der Waals surface area contributed by atoms with Gasteiger partial charge in [0, 0.05) is 44.2 Å². The summed E-state index contributed by atoms with van der Waals surface area (Å²) in [5.41, 5.74) is 6.59. The third kappa shape index (κ3) is 3.26. The molecule has 1 aromatic rings. The van der Waals surface area contributed by atoms with Gasteiger partial charge in [-0.25, -0.2) is 4.39 Å². The molecule has 5 heteroatoms. The molecule has 1 unspecified atom stereocenters. The first-order valence-corrected chi connectivity index (χ1v) is 6.77. The minimum Gasteiger partial charge on any atom is -0.381 e. The zero-order chi connectivity index (χ0) is 13.9. The van der Waals surface area contributed by atoms with Crippen LogP contribution in [0.3, 0.4) is 0 Å². The SMILES string of the molecule is COC1(C(N)Cc2cc(F)ccc2Cl)CCOCC1. The van der Waals surface area contributed by atoms with Crippen LogP contribution in [0.25, 0.3) is 0 Å². The lowest BCUT2D eigenvalue weighted by molar-refractivity contribution is -0.103. The molecule has 1 aliphatic heterocycles. The van der Waals surface area contributed by atoms with Crippen molar-refractivity contribution in [2.45, 2.75) is 30.9 Å². The molecule has 1 fully saturated rings. The highest BCUT2D eigenvalue weighted by Crippen LogP contribution is 2.30. The number of rotatable bonds is 4. The minimum atomic E-state index is -0.409. The highest BCUT2D eigenvalue weighted by molar-refractivity contribution is 6.31. The quantitative estimate of drug-likeness (QED) is 0.925. The number of hydrogen-bond donors (Lipinski definition) is 1. The molecule has 1 aliphatic rings. The topological polar surface area (TPSA) is 44.5 Å². The van der Waals surface area contributed by atoms with Gasteiger partial charge in [0.15, 0.2) is 0 Å². The van der Waals surface area contributed by atoms with Gasteiger partial charge < -0.3 is 15.2 Å². The van der Waals surface area contributed by atoms with Crippen LogP contribution in [0, 0.1) is 5.82 Å². The fraction of sp³-hybridized carbons (Fsp3) is 0.571. The third-order valence-corrected chi connectivity index (χ3v) is 4.24. The molecule has 1 heterocycles. The van der Waals surface area contributed by atoms with Gasteiger partial charge in [0.1, 0.15) is 5.82 Å². The molecule has 0 radical (unpaired) electrons. The first kappa shape index (κ1) is 14.7. The van der Waals surface area contributed by atoms with Crippen molar-refractivity contribution in [2.24, 2.45) is 5.73 Å². The summed E-state index contributed by atoms with van der Waals surface area (Å²) in [6.45, 7) is 1.27. The Hall–Kier alpha value is -0.680. The van der Waals surface area contributed by atoms with E-state index in [-0.39, 0.29) is 11.9 Å². The van der Waals surface area contributed by atoms with Gasteiger partial charge in [0.2, 0.25) is 0 Å². The van der Waals surface area contributed by atoms with E-state index in [2.05, 4.69) is 0 Å².